The Morgan fingerprint density at radius 3 is 2.32 bits per heavy atom. The Morgan fingerprint density at radius 1 is 1.11 bits per heavy atom. The fourth-order valence-electron chi connectivity index (χ4n) is 5.12. The van der Waals surface area contributed by atoms with Crippen LogP contribution in [0.25, 0.3) is 0 Å². The molecule has 2 fully saturated rings. The van der Waals surface area contributed by atoms with E-state index in [0.717, 1.165) is 11.6 Å². The molecule has 9 heteroatoms. The van der Waals surface area contributed by atoms with Gasteiger partial charge in [-0.1, -0.05) is 50.0 Å². The molecule has 2 aliphatic rings. The summed E-state index contributed by atoms with van der Waals surface area (Å²) in [6.07, 6.45) is -0.175. The molecule has 0 radical (unpaired) electrons. The highest BCUT2D eigenvalue weighted by Crippen LogP contribution is 2.40. The summed E-state index contributed by atoms with van der Waals surface area (Å²) < 4.78 is 23.9. The number of hydrogen-bond acceptors (Lipinski definition) is 6. The molecule has 4 atom stereocenters. The topological polar surface area (TPSA) is 77.5 Å². The first-order chi connectivity index (χ1) is 17.1. The molecule has 0 aliphatic carbocycles. The lowest BCUT2D eigenvalue weighted by atomic mass is 9.94. The third kappa shape index (κ3) is 7.71. The van der Waals surface area contributed by atoms with E-state index in [0.29, 0.717) is 26.0 Å². The normalized spacial score (nSPS) is 25.9. The Kier molecular flexibility index (Phi) is 9.02. The van der Waals surface area contributed by atoms with Crippen molar-refractivity contribution in [2.75, 3.05) is 20.3 Å². The molecule has 3 rings (SSSR count). The van der Waals surface area contributed by atoms with Crippen LogP contribution in [0.2, 0.25) is 25.7 Å². The van der Waals surface area contributed by atoms with Crippen molar-refractivity contribution < 1.29 is 28.5 Å². The molecule has 37 heavy (non-hydrogen) atoms. The minimum Gasteiger partial charge on any atom is -0.450 e. The summed E-state index contributed by atoms with van der Waals surface area (Å²) >= 11 is 0. The van der Waals surface area contributed by atoms with E-state index in [2.05, 4.69) is 31.8 Å². The van der Waals surface area contributed by atoms with Crippen LogP contribution in [0.15, 0.2) is 30.3 Å². The minimum absolute atomic E-state index is 0.139. The predicted octanol–water partition coefficient (Wildman–Crippen LogP) is 5.53. The number of benzene rings is 1. The van der Waals surface area contributed by atoms with Crippen molar-refractivity contribution in [2.45, 2.75) is 109 Å². The lowest BCUT2D eigenvalue weighted by molar-refractivity contribution is -0.0860. The van der Waals surface area contributed by atoms with E-state index in [1.807, 2.05) is 52.8 Å². The van der Waals surface area contributed by atoms with Crippen LogP contribution in [0.1, 0.15) is 46.6 Å². The van der Waals surface area contributed by atoms with Crippen molar-refractivity contribution in [3.05, 3.63) is 35.9 Å². The number of rotatable bonds is 7. The van der Waals surface area contributed by atoms with Gasteiger partial charge in [0.15, 0.2) is 0 Å². The van der Waals surface area contributed by atoms with Gasteiger partial charge in [0.25, 0.3) is 0 Å². The van der Waals surface area contributed by atoms with Crippen LogP contribution in [0.4, 0.5) is 9.59 Å². The van der Waals surface area contributed by atoms with Gasteiger partial charge in [0, 0.05) is 15.2 Å². The van der Waals surface area contributed by atoms with Gasteiger partial charge in [-0.05, 0) is 59.1 Å². The number of ether oxygens (including phenoxy) is 4. The van der Waals surface area contributed by atoms with E-state index in [1.54, 1.807) is 16.9 Å². The third-order valence-corrected chi connectivity index (χ3v) is 8.63. The Morgan fingerprint density at radius 2 is 1.76 bits per heavy atom. The summed E-state index contributed by atoms with van der Waals surface area (Å²) in [7, 11) is 0.292. The average molecular weight is 535 g/mol. The molecular formula is C28H46N2O6Si. The number of hydrogen-bond donors (Lipinski definition) is 0. The SMILES string of the molecule is CO[C@@H]1C[C@H]([C@H]2OC(C)(C)N(C(=O)OCC[Si](C)(C)C)[C@H]2Cc2ccccc2)N(C(=O)OC(C)(C)C)C1. The van der Waals surface area contributed by atoms with Crippen molar-refractivity contribution in [3.63, 3.8) is 0 Å². The van der Waals surface area contributed by atoms with Crippen molar-refractivity contribution in [1.29, 1.82) is 0 Å². The molecule has 1 aromatic carbocycles. The third-order valence-electron chi connectivity index (χ3n) is 6.92. The molecule has 0 unspecified atom stereocenters. The Balaban J connectivity index is 1.93. The summed E-state index contributed by atoms with van der Waals surface area (Å²) in [5, 5.41) is 0. The maximum absolute atomic E-state index is 13.5. The molecule has 0 N–H and O–H groups in total. The first-order valence-electron chi connectivity index (χ1n) is 13.3. The molecule has 2 aliphatic heterocycles. The maximum atomic E-state index is 13.5. The summed E-state index contributed by atoms with van der Waals surface area (Å²) in [6.45, 7) is 16.9. The van der Waals surface area contributed by atoms with Crippen LogP contribution >= 0.6 is 0 Å². The van der Waals surface area contributed by atoms with Gasteiger partial charge >= 0.3 is 12.2 Å². The Hall–Kier alpha value is -2.10. The second kappa shape index (κ2) is 11.3. The summed E-state index contributed by atoms with van der Waals surface area (Å²) in [6, 6.07) is 10.3. The van der Waals surface area contributed by atoms with E-state index in [9.17, 15) is 9.59 Å². The zero-order valence-electron chi connectivity index (χ0n) is 24.1. The summed E-state index contributed by atoms with van der Waals surface area (Å²) in [5.74, 6) is 0. The van der Waals surface area contributed by atoms with Crippen molar-refractivity contribution in [1.82, 2.24) is 9.80 Å². The van der Waals surface area contributed by atoms with Crippen LogP contribution < -0.4 is 0 Å². The molecule has 0 spiro atoms. The lowest BCUT2D eigenvalue weighted by Gasteiger charge is -2.34. The largest absolute Gasteiger partial charge is 0.450 e. The van der Waals surface area contributed by atoms with Gasteiger partial charge in [-0.3, -0.25) is 9.80 Å². The van der Waals surface area contributed by atoms with Gasteiger partial charge in [0.2, 0.25) is 0 Å². The molecule has 0 saturated carbocycles. The maximum Gasteiger partial charge on any atom is 0.412 e. The van der Waals surface area contributed by atoms with Crippen LogP contribution in [0, 0.1) is 0 Å². The zero-order valence-corrected chi connectivity index (χ0v) is 25.1. The standard InChI is InChI=1S/C28H46N2O6Si/c1-27(2,3)36-25(31)29-19-21(33-6)18-22(29)24-23(17-20-13-11-10-12-14-20)30(28(4,5)35-24)26(32)34-15-16-37(7,8)9/h10-14,21-24H,15-19H2,1-9H3/t21-,22-,23+,24-/m1/s1. The van der Waals surface area contributed by atoms with Crippen LogP contribution in [-0.4, -0.2) is 85.9 Å². The first kappa shape index (κ1) is 29.5. The fraction of sp³-hybridized carbons (Fsp3) is 0.714. The molecule has 2 amide bonds. The van der Waals surface area contributed by atoms with Crippen molar-refractivity contribution in [2.24, 2.45) is 0 Å². The lowest BCUT2D eigenvalue weighted by Crippen LogP contribution is -2.52. The first-order valence-corrected chi connectivity index (χ1v) is 17.0. The number of amides is 2. The van der Waals surface area contributed by atoms with Crippen molar-refractivity contribution >= 4 is 20.3 Å². The van der Waals surface area contributed by atoms with Crippen LogP contribution in [0.5, 0.6) is 0 Å². The number of methoxy groups -OCH3 is 1. The molecule has 8 nitrogen and oxygen atoms in total. The smallest absolute Gasteiger partial charge is 0.412 e. The number of carbonyl (C=O) groups is 2. The summed E-state index contributed by atoms with van der Waals surface area (Å²) in [4.78, 5) is 30.3. The number of carbonyl (C=O) groups excluding carboxylic acids is 2. The highest BCUT2D eigenvalue weighted by molar-refractivity contribution is 6.76. The highest BCUT2D eigenvalue weighted by Gasteiger charge is 2.56. The minimum atomic E-state index is -1.36. The molecular weight excluding hydrogens is 488 g/mol. The van der Waals surface area contributed by atoms with Gasteiger partial charge in [0.1, 0.15) is 17.4 Å². The molecule has 2 heterocycles. The van der Waals surface area contributed by atoms with E-state index >= 15 is 0 Å². The average Bonchev–Trinajstić information content (AvgIpc) is 3.30. The molecule has 0 bridgehead atoms. The monoisotopic (exact) mass is 534 g/mol. The van der Waals surface area contributed by atoms with Crippen LogP contribution in [0.3, 0.4) is 0 Å². The van der Waals surface area contributed by atoms with E-state index < -0.39 is 31.6 Å². The van der Waals surface area contributed by atoms with Gasteiger partial charge < -0.3 is 18.9 Å². The van der Waals surface area contributed by atoms with E-state index in [1.165, 1.54) is 0 Å². The van der Waals surface area contributed by atoms with Gasteiger partial charge in [0.05, 0.1) is 31.3 Å². The van der Waals surface area contributed by atoms with E-state index in [-0.39, 0.29) is 24.3 Å². The van der Waals surface area contributed by atoms with E-state index in [4.69, 9.17) is 18.9 Å². The molecule has 0 aromatic heterocycles. The number of likely N-dealkylation sites (tertiary alicyclic amines) is 1. The molecule has 2 saturated heterocycles. The second-order valence-corrected chi connectivity index (χ2v) is 18.5. The molecule has 208 valence electrons. The van der Waals surface area contributed by atoms with Crippen molar-refractivity contribution in [3.8, 4) is 0 Å². The zero-order chi connectivity index (χ0) is 27.6. The van der Waals surface area contributed by atoms with Gasteiger partial charge in [-0.25, -0.2) is 9.59 Å². The second-order valence-electron chi connectivity index (χ2n) is 12.9. The Labute approximate surface area is 223 Å². The predicted molar refractivity (Wildman–Crippen MR) is 146 cm³/mol. The highest BCUT2D eigenvalue weighted by atomic mass is 28.3. The van der Waals surface area contributed by atoms with Crippen LogP contribution in [-0.2, 0) is 25.4 Å². The van der Waals surface area contributed by atoms with Gasteiger partial charge in [-0.2, -0.15) is 0 Å². The molecule has 1 aromatic rings. The quantitative estimate of drug-likeness (QED) is 0.428. The fourth-order valence-corrected chi connectivity index (χ4v) is 5.83. The number of nitrogens with zero attached hydrogens (tertiary/aromatic N) is 2. The Bertz CT molecular complexity index is 927. The van der Waals surface area contributed by atoms with Gasteiger partial charge in [-0.15, -0.1) is 0 Å². The summed E-state index contributed by atoms with van der Waals surface area (Å²) in [5.41, 5.74) is -0.451.